The van der Waals surface area contributed by atoms with Gasteiger partial charge in [-0.15, -0.1) is 0 Å². The monoisotopic (exact) mass is 698 g/mol. The van der Waals surface area contributed by atoms with E-state index in [1.807, 2.05) is 46.7 Å². The molecule has 14 heteroatoms. The fourth-order valence-corrected chi connectivity index (χ4v) is 8.42. The molecule has 280 valence electrons. The molecule has 4 rings (SSSR count). The second-order valence-electron chi connectivity index (χ2n) is 15.3. The van der Waals surface area contributed by atoms with E-state index in [-0.39, 0.29) is 37.6 Å². The predicted octanol–water partition coefficient (Wildman–Crippen LogP) is 2.61. The van der Waals surface area contributed by atoms with Crippen molar-refractivity contribution < 1.29 is 57.4 Å². The van der Waals surface area contributed by atoms with Crippen molar-refractivity contribution in [3.8, 4) is 0 Å². The van der Waals surface area contributed by atoms with Gasteiger partial charge in [-0.2, -0.15) is 0 Å². The van der Waals surface area contributed by atoms with Crippen LogP contribution in [0.5, 0.6) is 0 Å². The van der Waals surface area contributed by atoms with Crippen molar-refractivity contribution in [3.63, 3.8) is 0 Å². The smallest absolute Gasteiger partial charge is 0.408 e. The largest absolute Gasteiger partial charge is 0.458 e. The molecule has 1 unspecified atom stereocenters. The fourth-order valence-electron chi connectivity index (χ4n) is 8.42. The van der Waals surface area contributed by atoms with Crippen LogP contribution in [0.4, 0.5) is 4.79 Å². The Balaban J connectivity index is 1.85. The minimum Gasteiger partial charge on any atom is -0.458 e. The first-order chi connectivity index (χ1) is 22.8. The van der Waals surface area contributed by atoms with Gasteiger partial charge in [0.25, 0.3) is 0 Å². The molecule has 0 aliphatic carbocycles. The number of carbonyl (C=O) groups excluding carboxylic acids is 4. The standard InChI is InChI=1S/C35H58N2O12/c1-12-25-35(9)29(36-33(42)49-35)19(4)26(40)17(2)14-34(8)30(20(5)27(21(6)31(41)47-25)43-15-23(39)16-44-34)48-32-28(46-22(7)38)24(37(10)11)13-18(3)45-32/h17-21,23-25,27-30,32,39H,12-16H2,1-11H3,(H,36,42)/t17-,18-,19+,20+,21-,23?,24+,25-,27-,28-,29-,30-,32+,34+,35-/m1/s1. The van der Waals surface area contributed by atoms with Crippen LogP contribution >= 0.6 is 0 Å². The summed E-state index contributed by atoms with van der Waals surface area (Å²) in [4.78, 5) is 55.3. The van der Waals surface area contributed by atoms with Crippen molar-refractivity contribution >= 4 is 23.8 Å². The van der Waals surface area contributed by atoms with Gasteiger partial charge in [-0.1, -0.05) is 27.7 Å². The number of aliphatic hydroxyl groups excluding tert-OH is 1. The van der Waals surface area contributed by atoms with E-state index >= 15 is 0 Å². The van der Waals surface area contributed by atoms with E-state index in [0.29, 0.717) is 12.8 Å². The minimum atomic E-state index is -1.32. The third-order valence-corrected chi connectivity index (χ3v) is 11.0. The number of ether oxygens (including phenoxy) is 7. The maximum absolute atomic E-state index is 14.3. The lowest BCUT2D eigenvalue weighted by Crippen LogP contribution is -2.61. The van der Waals surface area contributed by atoms with E-state index in [1.165, 1.54) is 6.92 Å². The molecule has 49 heavy (non-hydrogen) atoms. The Morgan fingerprint density at radius 3 is 2.35 bits per heavy atom. The zero-order valence-electron chi connectivity index (χ0n) is 30.9. The molecule has 14 nitrogen and oxygen atoms in total. The SMILES string of the molecule is CC[C@H]1OC(=O)[C@H](C)[C@@H]2OCC(O)CO[C@@](C)(C[C@@H](C)C(=O)[C@H](C)[C@H]3NC(=O)O[C@@]31C)[C@H](O[C@@H]1O[C@H](C)C[C@H](N(C)C)[C@H]1OC(C)=O)[C@H]2C. The number of likely N-dealkylation sites (N-methyl/N-ethyl adjacent to an activating group) is 1. The van der Waals surface area contributed by atoms with E-state index in [2.05, 4.69) is 5.32 Å². The lowest BCUT2D eigenvalue weighted by atomic mass is 9.73. The van der Waals surface area contributed by atoms with Gasteiger partial charge in [0.2, 0.25) is 0 Å². The highest BCUT2D eigenvalue weighted by Crippen LogP contribution is 2.42. The number of esters is 2. The Morgan fingerprint density at radius 2 is 1.73 bits per heavy atom. The molecule has 0 spiro atoms. The van der Waals surface area contributed by atoms with E-state index in [9.17, 15) is 24.3 Å². The van der Waals surface area contributed by atoms with Gasteiger partial charge in [0.05, 0.1) is 55.1 Å². The summed E-state index contributed by atoms with van der Waals surface area (Å²) in [7, 11) is 3.80. The number of aliphatic hydroxyl groups is 1. The molecule has 4 heterocycles. The lowest BCUT2D eigenvalue weighted by molar-refractivity contribution is -0.305. The molecule has 0 saturated carbocycles. The maximum Gasteiger partial charge on any atom is 0.408 e. The summed E-state index contributed by atoms with van der Waals surface area (Å²) >= 11 is 0. The van der Waals surface area contributed by atoms with Gasteiger partial charge in [-0.25, -0.2) is 4.79 Å². The van der Waals surface area contributed by atoms with Crippen LogP contribution in [0.25, 0.3) is 0 Å². The van der Waals surface area contributed by atoms with E-state index in [0.717, 1.165) is 0 Å². The molecule has 0 aromatic rings. The summed E-state index contributed by atoms with van der Waals surface area (Å²) in [5.41, 5.74) is -2.57. The first kappa shape index (κ1) is 39.4. The molecule has 0 aromatic carbocycles. The van der Waals surface area contributed by atoms with Gasteiger partial charge >= 0.3 is 18.0 Å². The lowest BCUT2D eigenvalue weighted by Gasteiger charge is -2.49. The van der Waals surface area contributed by atoms with Crippen LogP contribution < -0.4 is 5.32 Å². The number of hydrogen-bond acceptors (Lipinski definition) is 13. The molecule has 0 radical (unpaired) electrons. The number of alkyl carbamates (subject to hydrolysis) is 1. The van der Waals surface area contributed by atoms with E-state index < -0.39 is 95.8 Å². The molecular weight excluding hydrogens is 640 g/mol. The van der Waals surface area contributed by atoms with Crippen LogP contribution in [0.3, 0.4) is 0 Å². The third kappa shape index (κ3) is 8.25. The summed E-state index contributed by atoms with van der Waals surface area (Å²) < 4.78 is 43.8. The molecule has 2 N–H and O–H groups in total. The number of rotatable bonds is 5. The summed E-state index contributed by atoms with van der Waals surface area (Å²) in [6.07, 6.45) is -5.41. The zero-order chi connectivity index (χ0) is 36.6. The van der Waals surface area contributed by atoms with Crippen LogP contribution in [-0.2, 0) is 47.5 Å². The van der Waals surface area contributed by atoms with Crippen LogP contribution in [0, 0.1) is 23.7 Å². The van der Waals surface area contributed by atoms with Gasteiger partial charge in [-0.05, 0) is 61.1 Å². The summed E-state index contributed by atoms with van der Waals surface area (Å²) in [5, 5.41) is 13.8. The van der Waals surface area contributed by atoms with Gasteiger partial charge in [0.15, 0.2) is 18.0 Å². The Bertz CT molecular complexity index is 1220. The highest BCUT2D eigenvalue weighted by Gasteiger charge is 2.58. The first-order valence-electron chi connectivity index (χ1n) is 17.6. The van der Waals surface area contributed by atoms with E-state index in [4.69, 9.17) is 33.2 Å². The fraction of sp³-hybridized carbons (Fsp3) is 0.886. The Labute approximate surface area is 290 Å². The number of amides is 1. The number of fused-ring (bicyclic) bond motifs is 4. The molecule has 4 aliphatic rings. The molecule has 1 amide bonds. The number of ketones is 1. The molecule has 2 bridgehead atoms. The van der Waals surface area contributed by atoms with Crippen molar-refractivity contribution in [3.05, 3.63) is 0 Å². The van der Waals surface area contributed by atoms with Gasteiger partial charge in [-0.3, -0.25) is 14.4 Å². The van der Waals surface area contributed by atoms with Gasteiger partial charge in [0.1, 0.15) is 18.0 Å². The van der Waals surface area contributed by atoms with Crippen molar-refractivity contribution in [2.75, 3.05) is 27.3 Å². The minimum absolute atomic E-state index is 0.130. The average molecular weight is 699 g/mol. The Hall–Kier alpha value is -2.36. The zero-order valence-corrected chi connectivity index (χ0v) is 30.9. The average Bonchev–Trinajstić information content (AvgIpc) is 3.35. The first-order valence-corrected chi connectivity index (χ1v) is 17.6. The highest BCUT2D eigenvalue weighted by molar-refractivity contribution is 5.85. The topological polar surface area (TPSA) is 168 Å². The van der Waals surface area contributed by atoms with Crippen molar-refractivity contribution in [2.24, 2.45) is 23.7 Å². The second kappa shape index (κ2) is 15.5. The maximum atomic E-state index is 14.3. The summed E-state index contributed by atoms with van der Waals surface area (Å²) in [6.45, 7) is 15.4. The molecular formula is C35H58N2O12. The normalized spacial score (nSPS) is 45.6. The molecule has 4 fully saturated rings. The van der Waals surface area contributed by atoms with Crippen molar-refractivity contribution in [2.45, 2.75) is 148 Å². The number of cyclic esters (lactones) is 1. The number of nitrogens with zero attached hydrogens (tertiary/aromatic N) is 1. The van der Waals surface area contributed by atoms with Crippen LogP contribution in [0.2, 0.25) is 0 Å². The molecule has 0 aromatic heterocycles. The summed E-state index contributed by atoms with van der Waals surface area (Å²) in [6, 6.07) is -1.01. The number of nitrogens with one attached hydrogen (secondary N) is 1. The Kier molecular flexibility index (Phi) is 12.5. The quantitative estimate of drug-likeness (QED) is 0.318. The number of carbonyl (C=O) groups is 4. The van der Waals surface area contributed by atoms with E-state index in [1.54, 1.807) is 27.7 Å². The predicted molar refractivity (Wildman–Crippen MR) is 175 cm³/mol. The van der Waals surface area contributed by atoms with Gasteiger partial charge < -0.3 is 48.5 Å². The highest BCUT2D eigenvalue weighted by atomic mass is 16.7. The van der Waals surface area contributed by atoms with Crippen LogP contribution in [0.1, 0.15) is 81.6 Å². The number of hydrogen-bond donors (Lipinski definition) is 2. The molecule has 15 atom stereocenters. The van der Waals surface area contributed by atoms with Crippen LogP contribution in [-0.4, -0.2) is 127 Å². The molecule has 4 aliphatic heterocycles. The van der Waals surface area contributed by atoms with Gasteiger partial charge in [0, 0.05) is 24.7 Å². The third-order valence-electron chi connectivity index (χ3n) is 11.0. The van der Waals surface area contributed by atoms with Crippen molar-refractivity contribution in [1.82, 2.24) is 10.2 Å². The Morgan fingerprint density at radius 1 is 1.06 bits per heavy atom. The van der Waals surface area contributed by atoms with Crippen molar-refractivity contribution in [1.29, 1.82) is 0 Å². The second-order valence-corrected chi connectivity index (χ2v) is 15.3. The summed E-state index contributed by atoms with van der Waals surface area (Å²) in [5.74, 6) is -4.08. The van der Waals surface area contributed by atoms with Crippen LogP contribution in [0.15, 0.2) is 0 Å². The molecule has 4 saturated heterocycles. The number of Topliss-reactive ketones (excluding diaryl/α,β-unsaturated/α-hetero) is 1.